The molecule has 2 rings (SSSR count). The maximum Gasteiger partial charge on any atom is 0.124 e. The van der Waals surface area contributed by atoms with E-state index in [-0.39, 0.29) is 5.82 Å². The van der Waals surface area contributed by atoms with E-state index in [2.05, 4.69) is 35.1 Å². The van der Waals surface area contributed by atoms with E-state index in [0.29, 0.717) is 12.0 Å². The molecule has 0 aliphatic heterocycles. The van der Waals surface area contributed by atoms with Gasteiger partial charge < -0.3 is 5.32 Å². The van der Waals surface area contributed by atoms with Crippen LogP contribution in [0.3, 0.4) is 0 Å². The Balaban J connectivity index is 2.11. The molecular formula is C15H21BrFN. The normalized spacial score (nSPS) is 24.3. The first kappa shape index (κ1) is 13.9. The van der Waals surface area contributed by atoms with Crippen molar-refractivity contribution in [2.24, 2.45) is 11.8 Å². The molecule has 1 aromatic carbocycles. The second kappa shape index (κ2) is 6.05. The van der Waals surface area contributed by atoms with Gasteiger partial charge in [-0.05, 0) is 58.8 Å². The zero-order chi connectivity index (χ0) is 13.1. The van der Waals surface area contributed by atoms with Crippen molar-refractivity contribution in [3.05, 3.63) is 28.5 Å². The molecular weight excluding hydrogens is 293 g/mol. The first-order valence-electron chi connectivity index (χ1n) is 6.79. The van der Waals surface area contributed by atoms with Gasteiger partial charge in [0, 0.05) is 16.2 Å². The van der Waals surface area contributed by atoms with Crippen LogP contribution in [-0.4, -0.2) is 6.04 Å². The molecule has 0 amide bonds. The molecule has 1 nitrogen and oxygen atoms in total. The standard InChI is InChI=1S/C15H21BrFN/c1-10(2)12-5-3-4-6-14(12)18-15-8-7-11(17)9-13(15)16/h7-10,12,14,18H,3-6H2,1-2H3. The lowest BCUT2D eigenvalue weighted by molar-refractivity contribution is 0.254. The third-order valence-corrected chi connectivity index (χ3v) is 4.60. The fraction of sp³-hybridized carbons (Fsp3) is 0.600. The highest BCUT2D eigenvalue weighted by atomic mass is 79.9. The molecule has 2 atom stereocenters. The van der Waals surface area contributed by atoms with Gasteiger partial charge in [0.1, 0.15) is 5.82 Å². The summed E-state index contributed by atoms with van der Waals surface area (Å²) >= 11 is 3.43. The van der Waals surface area contributed by atoms with Crippen molar-refractivity contribution in [3.63, 3.8) is 0 Å². The third kappa shape index (κ3) is 3.25. The smallest absolute Gasteiger partial charge is 0.124 e. The van der Waals surface area contributed by atoms with Crippen molar-refractivity contribution < 1.29 is 4.39 Å². The second-order valence-electron chi connectivity index (χ2n) is 5.57. The minimum atomic E-state index is -0.198. The summed E-state index contributed by atoms with van der Waals surface area (Å²) in [4.78, 5) is 0. The summed E-state index contributed by atoms with van der Waals surface area (Å²) in [6, 6.07) is 5.38. The minimum absolute atomic E-state index is 0.198. The summed E-state index contributed by atoms with van der Waals surface area (Å²) in [6.45, 7) is 4.59. The van der Waals surface area contributed by atoms with Gasteiger partial charge in [-0.1, -0.05) is 26.7 Å². The van der Waals surface area contributed by atoms with Gasteiger partial charge in [-0.3, -0.25) is 0 Å². The van der Waals surface area contributed by atoms with Crippen molar-refractivity contribution in [2.75, 3.05) is 5.32 Å². The SMILES string of the molecule is CC(C)C1CCCCC1Nc1ccc(F)cc1Br. The van der Waals surface area contributed by atoms with E-state index in [0.717, 1.165) is 16.1 Å². The summed E-state index contributed by atoms with van der Waals surface area (Å²) in [5.41, 5.74) is 1.01. The van der Waals surface area contributed by atoms with Crippen LogP contribution in [0, 0.1) is 17.7 Å². The van der Waals surface area contributed by atoms with Crippen molar-refractivity contribution in [1.82, 2.24) is 0 Å². The molecule has 2 unspecified atom stereocenters. The van der Waals surface area contributed by atoms with Gasteiger partial charge in [-0.2, -0.15) is 0 Å². The number of nitrogens with one attached hydrogen (secondary N) is 1. The molecule has 0 bridgehead atoms. The molecule has 0 heterocycles. The van der Waals surface area contributed by atoms with Crippen LogP contribution in [0.4, 0.5) is 10.1 Å². The number of anilines is 1. The van der Waals surface area contributed by atoms with Crippen LogP contribution in [-0.2, 0) is 0 Å². The van der Waals surface area contributed by atoms with Gasteiger partial charge in [0.2, 0.25) is 0 Å². The topological polar surface area (TPSA) is 12.0 Å². The highest BCUT2D eigenvalue weighted by molar-refractivity contribution is 9.10. The largest absolute Gasteiger partial charge is 0.381 e. The van der Waals surface area contributed by atoms with E-state index in [1.54, 1.807) is 0 Å². The molecule has 1 aliphatic carbocycles. The third-order valence-electron chi connectivity index (χ3n) is 3.95. The maximum atomic E-state index is 13.1. The number of hydrogen-bond acceptors (Lipinski definition) is 1. The van der Waals surface area contributed by atoms with Crippen molar-refractivity contribution in [1.29, 1.82) is 0 Å². The Bertz CT molecular complexity index is 405. The lowest BCUT2D eigenvalue weighted by atomic mass is 9.78. The number of hydrogen-bond donors (Lipinski definition) is 1. The predicted molar refractivity (Wildman–Crippen MR) is 78.3 cm³/mol. The number of halogens is 2. The molecule has 1 fully saturated rings. The number of benzene rings is 1. The molecule has 0 saturated heterocycles. The molecule has 1 aliphatic rings. The average molecular weight is 314 g/mol. The highest BCUT2D eigenvalue weighted by Gasteiger charge is 2.27. The molecule has 0 radical (unpaired) electrons. The maximum absolute atomic E-state index is 13.1. The van der Waals surface area contributed by atoms with Crippen LogP contribution in [0.25, 0.3) is 0 Å². The molecule has 1 saturated carbocycles. The monoisotopic (exact) mass is 313 g/mol. The predicted octanol–water partition coefficient (Wildman–Crippen LogP) is 5.21. The Morgan fingerprint density at radius 3 is 2.67 bits per heavy atom. The van der Waals surface area contributed by atoms with E-state index in [9.17, 15) is 4.39 Å². The van der Waals surface area contributed by atoms with Crippen LogP contribution in [0.5, 0.6) is 0 Å². The van der Waals surface area contributed by atoms with Crippen LogP contribution < -0.4 is 5.32 Å². The van der Waals surface area contributed by atoms with Gasteiger partial charge >= 0.3 is 0 Å². The first-order chi connectivity index (χ1) is 8.58. The summed E-state index contributed by atoms with van der Waals surface area (Å²) in [5, 5.41) is 3.59. The number of rotatable bonds is 3. The molecule has 1 N–H and O–H groups in total. The molecule has 0 spiro atoms. The Kier molecular flexibility index (Phi) is 4.66. The summed E-state index contributed by atoms with van der Waals surface area (Å²) in [6.07, 6.45) is 5.14. The van der Waals surface area contributed by atoms with E-state index >= 15 is 0 Å². The molecule has 3 heteroatoms. The van der Waals surface area contributed by atoms with Crippen molar-refractivity contribution in [2.45, 2.75) is 45.6 Å². The van der Waals surface area contributed by atoms with Gasteiger partial charge in [-0.15, -0.1) is 0 Å². The van der Waals surface area contributed by atoms with E-state index in [1.165, 1.54) is 37.8 Å². The van der Waals surface area contributed by atoms with Gasteiger partial charge in [0.15, 0.2) is 0 Å². The summed E-state index contributed by atoms with van der Waals surface area (Å²) in [5.74, 6) is 1.22. The molecule has 100 valence electrons. The molecule has 18 heavy (non-hydrogen) atoms. The van der Waals surface area contributed by atoms with E-state index in [4.69, 9.17) is 0 Å². The zero-order valence-electron chi connectivity index (χ0n) is 11.0. The highest BCUT2D eigenvalue weighted by Crippen LogP contribution is 2.34. The Hall–Kier alpha value is -0.570. The fourth-order valence-electron chi connectivity index (χ4n) is 2.94. The van der Waals surface area contributed by atoms with Gasteiger partial charge in [0.25, 0.3) is 0 Å². The van der Waals surface area contributed by atoms with Crippen LogP contribution in [0.2, 0.25) is 0 Å². The van der Waals surface area contributed by atoms with Crippen LogP contribution in [0.1, 0.15) is 39.5 Å². The quantitative estimate of drug-likeness (QED) is 0.807. The van der Waals surface area contributed by atoms with Crippen LogP contribution >= 0.6 is 15.9 Å². The minimum Gasteiger partial charge on any atom is -0.381 e. The Labute approximate surface area is 117 Å². The molecule has 0 aromatic heterocycles. The Morgan fingerprint density at radius 2 is 2.00 bits per heavy atom. The fourth-order valence-corrected chi connectivity index (χ4v) is 3.41. The second-order valence-corrected chi connectivity index (χ2v) is 6.42. The van der Waals surface area contributed by atoms with Crippen LogP contribution in [0.15, 0.2) is 22.7 Å². The van der Waals surface area contributed by atoms with Gasteiger partial charge in [-0.25, -0.2) is 4.39 Å². The average Bonchev–Trinajstić information content (AvgIpc) is 2.33. The summed E-state index contributed by atoms with van der Waals surface area (Å²) in [7, 11) is 0. The van der Waals surface area contributed by atoms with Crippen molar-refractivity contribution >= 4 is 21.6 Å². The lowest BCUT2D eigenvalue weighted by Crippen LogP contribution is -2.35. The Morgan fingerprint density at radius 1 is 1.28 bits per heavy atom. The first-order valence-corrected chi connectivity index (χ1v) is 7.59. The summed E-state index contributed by atoms with van der Waals surface area (Å²) < 4.78 is 13.9. The van der Waals surface area contributed by atoms with E-state index in [1.807, 2.05) is 6.07 Å². The van der Waals surface area contributed by atoms with Crippen molar-refractivity contribution in [3.8, 4) is 0 Å². The lowest BCUT2D eigenvalue weighted by Gasteiger charge is -2.35. The van der Waals surface area contributed by atoms with Gasteiger partial charge in [0.05, 0.1) is 0 Å². The zero-order valence-corrected chi connectivity index (χ0v) is 12.6. The molecule has 1 aromatic rings. The van der Waals surface area contributed by atoms with E-state index < -0.39 is 0 Å².